The molecule has 184 valence electrons. The first-order valence-corrected chi connectivity index (χ1v) is 12.3. The fraction of sp³-hybridized carbons (Fsp3) is 0.391. The maximum Gasteiger partial charge on any atom is 0.257 e. The lowest BCUT2D eigenvalue weighted by atomic mass is 10.1. The highest BCUT2D eigenvalue weighted by Crippen LogP contribution is 2.29. The molecular weight excluding hydrogens is 462 g/mol. The zero-order valence-corrected chi connectivity index (χ0v) is 20.2. The van der Waals surface area contributed by atoms with Crippen LogP contribution in [0.2, 0.25) is 0 Å². The van der Waals surface area contributed by atoms with Crippen LogP contribution in [0.4, 0.5) is 0 Å². The summed E-state index contributed by atoms with van der Waals surface area (Å²) in [7, 11) is -0.951. The van der Waals surface area contributed by atoms with Gasteiger partial charge in [0.05, 0.1) is 14.2 Å². The van der Waals surface area contributed by atoms with E-state index in [1.165, 1.54) is 32.4 Å². The summed E-state index contributed by atoms with van der Waals surface area (Å²) in [5.74, 6) is 0.296. The maximum atomic E-state index is 12.7. The van der Waals surface area contributed by atoms with Gasteiger partial charge in [-0.2, -0.15) is 0 Å². The van der Waals surface area contributed by atoms with E-state index in [0.717, 1.165) is 18.4 Å². The Kier molecular flexibility index (Phi) is 8.35. The molecule has 0 aliphatic heterocycles. The molecule has 11 heteroatoms. The van der Waals surface area contributed by atoms with Crippen LogP contribution in [0.25, 0.3) is 0 Å². The maximum absolute atomic E-state index is 12.7. The predicted molar refractivity (Wildman–Crippen MR) is 125 cm³/mol. The molecule has 2 aromatic carbocycles. The van der Waals surface area contributed by atoms with Crippen LogP contribution >= 0.6 is 0 Å². The Labute approximate surface area is 199 Å². The van der Waals surface area contributed by atoms with Crippen molar-refractivity contribution in [3.8, 4) is 17.2 Å². The molecule has 0 saturated heterocycles. The number of rotatable bonds is 12. The standard InChI is InChI=1S/C23H29N3O7S/c1-4-24-22(27)14-33-18-9-5-15(11-20(18)32-3)13-25-23(28)16-6-10-19(31-2)21(12-16)34(29,30)26-17-7-8-17/h5-6,9-12,17,26H,4,7-8,13-14H2,1-3H3,(H,24,27)(H,25,28). The summed E-state index contributed by atoms with van der Waals surface area (Å²) >= 11 is 0. The summed E-state index contributed by atoms with van der Waals surface area (Å²) in [6.45, 7) is 2.35. The smallest absolute Gasteiger partial charge is 0.257 e. The molecule has 3 N–H and O–H groups in total. The second-order valence-electron chi connectivity index (χ2n) is 7.67. The highest BCUT2D eigenvalue weighted by molar-refractivity contribution is 7.89. The number of methoxy groups -OCH3 is 2. The third-order valence-electron chi connectivity index (χ3n) is 5.03. The summed E-state index contributed by atoms with van der Waals surface area (Å²) in [5, 5.41) is 5.41. The van der Waals surface area contributed by atoms with E-state index in [1.807, 2.05) is 6.92 Å². The fourth-order valence-electron chi connectivity index (χ4n) is 3.13. The van der Waals surface area contributed by atoms with Gasteiger partial charge in [0.25, 0.3) is 11.8 Å². The summed E-state index contributed by atoms with van der Waals surface area (Å²) in [6, 6.07) is 9.27. The molecule has 0 heterocycles. The molecule has 0 aromatic heterocycles. The van der Waals surface area contributed by atoms with Gasteiger partial charge in [-0.25, -0.2) is 13.1 Å². The monoisotopic (exact) mass is 491 g/mol. The van der Waals surface area contributed by atoms with Crippen molar-refractivity contribution in [2.24, 2.45) is 0 Å². The number of likely N-dealkylation sites (N-methyl/N-ethyl adjacent to an activating group) is 1. The van der Waals surface area contributed by atoms with E-state index >= 15 is 0 Å². The van der Waals surface area contributed by atoms with E-state index in [0.29, 0.717) is 18.0 Å². The molecule has 1 aliphatic carbocycles. The molecule has 0 atom stereocenters. The van der Waals surface area contributed by atoms with Crippen LogP contribution in [0.5, 0.6) is 17.2 Å². The molecule has 3 rings (SSSR count). The van der Waals surface area contributed by atoms with Gasteiger partial charge in [0.15, 0.2) is 18.1 Å². The molecule has 0 radical (unpaired) electrons. The molecular formula is C23H29N3O7S. The number of carbonyl (C=O) groups excluding carboxylic acids is 2. The van der Waals surface area contributed by atoms with E-state index in [2.05, 4.69) is 15.4 Å². The number of nitrogens with one attached hydrogen (secondary N) is 3. The van der Waals surface area contributed by atoms with Gasteiger partial charge in [0, 0.05) is 24.7 Å². The Morgan fingerprint density at radius 1 is 0.971 bits per heavy atom. The SMILES string of the molecule is CCNC(=O)COc1ccc(CNC(=O)c2ccc(OC)c(S(=O)(=O)NC3CC3)c2)cc1OC. The first kappa shape index (κ1) is 25.3. The Morgan fingerprint density at radius 2 is 1.68 bits per heavy atom. The van der Waals surface area contributed by atoms with Crippen LogP contribution in [0.1, 0.15) is 35.7 Å². The van der Waals surface area contributed by atoms with E-state index in [-0.39, 0.29) is 41.3 Å². The highest BCUT2D eigenvalue weighted by atomic mass is 32.2. The van der Waals surface area contributed by atoms with E-state index < -0.39 is 15.9 Å². The fourth-order valence-corrected chi connectivity index (χ4v) is 4.63. The Morgan fingerprint density at radius 3 is 2.32 bits per heavy atom. The van der Waals surface area contributed by atoms with Crippen LogP contribution in [-0.4, -0.2) is 53.6 Å². The molecule has 0 spiro atoms. The summed E-state index contributed by atoms with van der Waals surface area (Å²) < 4.78 is 44.0. The molecule has 1 fully saturated rings. The first-order chi connectivity index (χ1) is 16.3. The lowest BCUT2D eigenvalue weighted by Crippen LogP contribution is -2.28. The van der Waals surface area contributed by atoms with Gasteiger partial charge < -0.3 is 24.8 Å². The quantitative estimate of drug-likeness (QED) is 0.411. The van der Waals surface area contributed by atoms with Crippen molar-refractivity contribution >= 4 is 21.8 Å². The summed E-state index contributed by atoms with van der Waals surface area (Å²) in [5.41, 5.74) is 0.915. The largest absolute Gasteiger partial charge is 0.495 e. The topological polar surface area (TPSA) is 132 Å². The van der Waals surface area contributed by atoms with Crippen molar-refractivity contribution in [3.63, 3.8) is 0 Å². The molecule has 0 bridgehead atoms. The van der Waals surface area contributed by atoms with Crippen molar-refractivity contribution in [2.75, 3.05) is 27.4 Å². The van der Waals surface area contributed by atoms with E-state index in [9.17, 15) is 18.0 Å². The van der Waals surface area contributed by atoms with Crippen LogP contribution in [-0.2, 0) is 21.4 Å². The van der Waals surface area contributed by atoms with Gasteiger partial charge in [-0.15, -0.1) is 0 Å². The number of sulfonamides is 1. The van der Waals surface area contributed by atoms with E-state index in [4.69, 9.17) is 14.2 Å². The predicted octanol–water partition coefficient (Wildman–Crippen LogP) is 1.59. The number of hydrogen-bond donors (Lipinski definition) is 3. The zero-order chi connectivity index (χ0) is 24.7. The van der Waals surface area contributed by atoms with Crippen LogP contribution in [0.3, 0.4) is 0 Å². The molecule has 0 unspecified atom stereocenters. The lowest BCUT2D eigenvalue weighted by Gasteiger charge is -2.14. The van der Waals surface area contributed by atoms with Crippen LogP contribution < -0.4 is 29.6 Å². The minimum atomic E-state index is -3.81. The molecule has 2 aromatic rings. The minimum absolute atomic E-state index is 0.0739. The molecule has 1 saturated carbocycles. The average Bonchev–Trinajstić information content (AvgIpc) is 3.64. The van der Waals surface area contributed by atoms with Crippen LogP contribution in [0, 0.1) is 0 Å². The number of amides is 2. The van der Waals surface area contributed by atoms with Gasteiger partial charge in [-0.05, 0) is 55.7 Å². The third kappa shape index (κ3) is 6.61. The Balaban J connectivity index is 1.68. The lowest BCUT2D eigenvalue weighted by molar-refractivity contribution is -0.123. The van der Waals surface area contributed by atoms with Gasteiger partial charge in [-0.3, -0.25) is 9.59 Å². The van der Waals surface area contributed by atoms with Gasteiger partial charge in [0.1, 0.15) is 10.6 Å². The van der Waals surface area contributed by atoms with Gasteiger partial charge in [0.2, 0.25) is 10.0 Å². The second kappa shape index (κ2) is 11.2. The number of carbonyl (C=O) groups is 2. The average molecular weight is 492 g/mol. The third-order valence-corrected chi connectivity index (χ3v) is 6.57. The molecule has 34 heavy (non-hydrogen) atoms. The second-order valence-corrected chi connectivity index (χ2v) is 9.35. The van der Waals surface area contributed by atoms with Crippen molar-refractivity contribution < 1.29 is 32.2 Å². The first-order valence-electron chi connectivity index (χ1n) is 10.8. The van der Waals surface area contributed by atoms with Crippen molar-refractivity contribution in [1.29, 1.82) is 0 Å². The highest BCUT2D eigenvalue weighted by Gasteiger charge is 2.30. The van der Waals surface area contributed by atoms with Crippen molar-refractivity contribution in [3.05, 3.63) is 47.5 Å². The minimum Gasteiger partial charge on any atom is -0.495 e. The van der Waals surface area contributed by atoms with Crippen molar-refractivity contribution in [1.82, 2.24) is 15.4 Å². The molecule has 1 aliphatic rings. The number of hydrogen-bond acceptors (Lipinski definition) is 7. The zero-order valence-electron chi connectivity index (χ0n) is 19.3. The Bertz CT molecular complexity index is 1150. The number of benzene rings is 2. The number of ether oxygens (including phenoxy) is 3. The van der Waals surface area contributed by atoms with Crippen molar-refractivity contribution in [2.45, 2.75) is 37.2 Å². The Hall–Kier alpha value is -3.31. The molecule has 2 amide bonds. The van der Waals surface area contributed by atoms with Crippen LogP contribution in [0.15, 0.2) is 41.3 Å². The summed E-state index contributed by atoms with van der Waals surface area (Å²) in [6.07, 6.45) is 1.59. The molecule has 10 nitrogen and oxygen atoms in total. The van der Waals surface area contributed by atoms with Gasteiger partial charge in [-0.1, -0.05) is 6.07 Å². The van der Waals surface area contributed by atoms with Gasteiger partial charge >= 0.3 is 0 Å². The normalized spacial score (nSPS) is 13.1. The van der Waals surface area contributed by atoms with E-state index in [1.54, 1.807) is 18.2 Å². The summed E-state index contributed by atoms with van der Waals surface area (Å²) in [4.78, 5) is 24.2.